The van der Waals surface area contributed by atoms with E-state index in [0.29, 0.717) is 17.7 Å². The molecular weight excluding hydrogens is 204 g/mol. The van der Waals surface area contributed by atoms with Crippen molar-refractivity contribution in [1.82, 2.24) is 4.98 Å². The van der Waals surface area contributed by atoms with E-state index >= 15 is 0 Å². The third-order valence-corrected chi connectivity index (χ3v) is 3.00. The molecule has 0 spiro atoms. The van der Waals surface area contributed by atoms with Crippen molar-refractivity contribution >= 4 is 5.82 Å². The Labute approximate surface area is 95.8 Å². The Morgan fingerprint density at radius 3 is 2.94 bits per heavy atom. The molecule has 2 N–H and O–H groups in total. The normalized spacial score (nSPS) is 25.3. The van der Waals surface area contributed by atoms with Crippen molar-refractivity contribution in [2.75, 3.05) is 12.8 Å². The van der Waals surface area contributed by atoms with Gasteiger partial charge in [0.15, 0.2) is 11.6 Å². The van der Waals surface area contributed by atoms with Gasteiger partial charge in [-0.25, -0.2) is 4.98 Å². The van der Waals surface area contributed by atoms with Crippen LogP contribution >= 0.6 is 0 Å². The fourth-order valence-corrected chi connectivity index (χ4v) is 2.11. The van der Waals surface area contributed by atoms with Crippen molar-refractivity contribution in [3.05, 3.63) is 18.3 Å². The Hall–Kier alpha value is -1.29. The molecule has 0 amide bonds. The molecule has 1 aromatic heterocycles. The number of methoxy groups -OCH3 is 1. The maximum atomic E-state index is 5.85. The number of pyridine rings is 1. The molecule has 1 heterocycles. The molecule has 2 atom stereocenters. The predicted octanol–water partition coefficient (Wildman–Crippen LogP) is 2.00. The highest BCUT2D eigenvalue weighted by atomic mass is 16.5. The molecule has 16 heavy (non-hydrogen) atoms. The molecule has 0 aromatic carbocycles. The second-order valence-electron chi connectivity index (χ2n) is 4.15. The van der Waals surface area contributed by atoms with Gasteiger partial charge >= 0.3 is 0 Å². The zero-order valence-electron chi connectivity index (χ0n) is 9.56. The highest BCUT2D eigenvalue weighted by Gasteiger charge is 2.23. The van der Waals surface area contributed by atoms with E-state index in [9.17, 15) is 0 Å². The van der Waals surface area contributed by atoms with Gasteiger partial charge in [0.2, 0.25) is 0 Å². The van der Waals surface area contributed by atoms with E-state index in [1.807, 2.05) is 12.1 Å². The van der Waals surface area contributed by atoms with Crippen molar-refractivity contribution < 1.29 is 9.47 Å². The second kappa shape index (κ2) is 5.16. The van der Waals surface area contributed by atoms with Crippen LogP contribution in [0.4, 0.5) is 5.82 Å². The number of rotatable bonds is 3. The molecule has 1 aromatic rings. The zero-order valence-corrected chi connectivity index (χ0v) is 9.56. The fraction of sp³-hybridized carbons (Fsp3) is 0.583. The van der Waals surface area contributed by atoms with Gasteiger partial charge in [-0.2, -0.15) is 0 Å². The van der Waals surface area contributed by atoms with E-state index in [1.54, 1.807) is 13.3 Å². The molecule has 88 valence electrons. The maximum absolute atomic E-state index is 5.85. The van der Waals surface area contributed by atoms with Crippen molar-refractivity contribution in [2.45, 2.75) is 37.9 Å². The van der Waals surface area contributed by atoms with E-state index in [1.165, 1.54) is 0 Å². The Morgan fingerprint density at radius 1 is 1.38 bits per heavy atom. The number of nitrogens with zero attached hydrogens (tertiary/aromatic N) is 1. The molecule has 1 saturated carbocycles. The predicted molar refractivity (Wildman–Crippen MR) is 62.3 cm³/mol. The number of ether oxygens (including phenoxy) is 2. The van der Waals surface area contributed by atoms with Crippen LogP contribution in [0.1, 0.15) is 25.7 Å². The quantitative estimate of drug-likeness (QED) is 0.849. The summed E-state index contributed by atoms with van der Waals surface area (Å²) >= 11 is 0. The first kappa shape index (κ1) is 11.2. The fourth-order valence-electron chi connectivity index (χ4n) is 2.11. The first-order valence-electron chi connectivity index (χ1n) is 5.69. The van der Waals surface area contributed by atoms with Crippen LogP contribution in [0.25, 0.3) is 0 Å². The highest BCUT2D eigenvalue weighted by Crippen LogP contribution is 2.27. The monoisotopic (exact) mass is 222 g/mol. The zero-order chi connectivity index (χ0) is 11.4. The number of hydrogen-bond acceptors (Lipinski definition) is 4. The summed E-state index contributed by atoms with van der Waals surface area (Å²) in [6.45, 7) is 0. The Balaban J connectivity index is 1.97. The molecular formula is C12H18N2O2. The van der Waals surface area contributed by atoms with Gasteiger partial charge in [0.25, 0.3) is 0 Å². The summed E-state index contributed by atoms with van der Waals surface area (Å²) in [5.41, 5.74) is 5.74. The minimum atomic E-state index is 0.199. The average molecular weight is 222 g/mol. The summed E-state index contributed by atoms with van der Waals surface area (Å²) < 4.78 is 11.2. The second-order valence-corrected chi connectivity index (χ2v) is 4.15. The summed E-state index contributed by atoms with van der Waals surface area (Å²) in [4.78, 5) is 4.01. The third kappa shape index (κ3) is 2.64. The van der Waals surface area contributed by atoms with Crippen LogP contribution in [0.15, 0.2) is 18.3 Å². The molecule has 1 aliphatic carbocycles. The van der Waals surface area contributed by atoms with Gasteiger partial charge < -0.3 is 15.2 Å². The molecule has 4 heteroatoms. The highest BCUT2D eigenvalue weighted by molar-refractivity contribution is 5.44. The Morgan fingerprint density at radius 2 is 2.19 bits per heavy atom. The number of aromatic nitrogens is 1. The van der Waals surface area contributed by atoms with Crippen LogP contribution in [0.2, 0.25) is 0 Å². The minimum Gasteiger partial charge on any atom is -0.486 e. The van der Waals surface area contributed by atoms with E-state index in [4.69, 9.17) is 15.2 Å². The lowest BCUT2D eigenvalue weighted by Gasteiger charge is -2.28. The maximum Gasteiger partial charge on any atom is 0.166 e. The van der Waals surface area contributed by atoms with E-state index in [2.05, 4.69) is 4.98 Å². The number of hydrogen-bond donors (Lipinski definition) is 1. The van der Waals surface area contributed by atoms with Gasteiger partial charge in [-0.1, -0.05) is 0 Å². The lowest BCUT2D eigenvalue weighted by atomic mass is 9.95. The molecule has 1 aliphatic rings. The van der Waals surface area contributed by atoms with Crippen LogP contribution in [0.3, 0.4) is 0 Å². The SMILES string of the molecule is COC1CCCC(Oc2cccnc2N)C1. The largest absolute Gasteiger partial charge is 0.486 e. The van der Waals surface area contributed by atoms with E-state index < -0.39 is 0 Å². The van der Waals surface area contributed by atoms with Crippen molar-refractivity contribution in [3.63, 3.8) is 0 Å². The number of nitrogens with two attached hydrogens (primary N) is 1. The Bertz CT molecular complexity index is 344. The molecule has 2 rings (SSSR count). The summed E-state index contributed by atoms with van der Waals surface area (Å²) in [7, 11) is 1.76. The molecule has 2 unspecified atom stereocenters. The van der Waals surface area contributed by atoms with E-state index in [0.717, 1.165) is 25.7 Å². The van der Waals surface area contributed by atoms with Gasteiger partial charge in [-0.3, -0.25) is 0 Å². The molecule has 4 nitrogen and oxygen atoms in total. The molecule has 1 fully saturated rings. The summed E-state index contributed by atoms with van der Waals surface area (Å²) in [5.74, 6) is 1.14. The van der Waals surface area contributed by atoms with Gasteiger partial charge in [0, 0.05) is 19.7 Å². The Kier molecular flexibility index (Phi) is 3.62. The van der Waals surface area contributed by atoms with Crippen molar-refractivity contribution in [1.29, 1.82) is 0 Å². The van der Waals surface area contributed by atoms with Crippen LogP contribution in [-0.2, 0) is 4.74 Å². The van der Waals surface area contributed by atoms with Gasteiger partial charge in [0.1, 0.15) is 6.10 Å². The van der Waals surface area contributed by atoms with Gasteiger partial charge in [-0.05, 0) is 31.4 Å². The van der Waals surface area contributed by atoms with Crippen molar-refractivity contribution in [3.8, 4) is 5.75 Å². The molecule has 0 saturated heterocycles. The summed E-state index contributed by atoms with van der Waals surface area (Å²) in [6, 6.07) is 3.70. The van der Waals surface area contributed by atoms with Gasteiger partial charge in [-0.15, -0.1) is 0 Å². The van der Waals surface area contributed by atoms with E-state index in [-0.39, 0.29) is 6.10 Å². The van der Waals surface area contributed by atoms with Gasteiger partial charge in [0.05, 0.1) is 6.10 Å². The molecule has 0 aliphatic heterocycles. The lowest BCUT2D eigenvalue weighted by Crippen LogP contribution is -2.29. The number of anilines is 1. The molecule has 0 bridgehead atoms. The standard InChI is InChI=1S/C12H18N2O2/c1-15-9-4-2-5-10(8-9)16-11-6-3-7-14-12(11)13/h3,6-7,9-10H,2,4-5,8H2,1H3,(H2,13,14). The van der Waals surface area contributed by atoms with Crippen LogP contribution in [-0.4, -0.2) is 24.3 Å². The average Bonchev–Trinajstić information content (AvgIpc) is 2.32. The lowest BCUT2D eigenvalue weighted by molar-refractivity contribution is 0.0211. The number of nitrogen functional groups attached to an aromatic ring is 1. The minimum absolute atomic E-state index is 0.199. The smallest absolute Gasteiger partial charge is 0.166 e. The third-order valence-electron chi connectivity index (χ3n) is 3.00. The van der Waals surface area contributed by atoms with Crippen LogP contribution in [0, 0.1) is 0 Å². The van der Waals surface area contributed by atoms with Crippen molar-refractivity contribution in [2.24, 2.45) is 0 Å². The van der Waals surface area contributed by atoms with Crippen LogP contribution in [0.5, 0.6) is 5.75 Å². The summed E-state index contributed by atoms with van der Waals surface area (Å²) in [5, 5.41) is 0. The first-order chi connectivity index (χ1) is 7.79. The first-order valence-corrected chi connectivity index (χ1v) is 5.69. The topological polar surface area (TPSA) is 57.4 Å². The summed E-state index contributed by atoms with van der Waals surface area (Å²) in [6.07, 6.45) is 6.45. The molecule has 0 radical (unpaired) electrons. The van der Waals surface area contributed by atoms with Crippen LogP contribution < -0.4 is 10.5 Å².